The first-order valence-electron chi connectivity index (χ1n) is 19.5. The van der Waals surface area contributed by atoms with E-state index in [4.69, 9.17) is 4.42 Å². The molecule has 3 aromatic heterocycles. The summed E-state index contributed by atoms with van der Waals surface area (Å²) in [7, 11) is 0. The van der Waals surface area contributed by atoms with Gasteiger partial charge in [0.15, 0.2) is 0 Å². The molecule has 12 rings (SSSR count). The van der Waals surface area contributed by atoms with E-state index >= 15 is 0 Å². The van der Waals surface area contributed by atoms with Crippen LogP contribution in [0.2, 0.25) is 0 Å². The van der Waals surface area contributed by atoms with Crippen molar-refractivity contribution < 1.29 is 4.42 Å². The van der Waals surface area contributed by atoms with Crippen LogP contribution >= 0.6 is 11.3 Å². The van der Waals surface area contributed by atoms with Crippen LogP contribution in [-0.4, -0.2) is 4.57 Å². The Balaban J connectivity index is 0.991. The Morgan fingerprint density at radius 1 is 0.421 bits per heavy atom. The van der Waals surface area contributed by atoms with Gasteiger partial charge in [-0.3, -0.25) is 16.0 Å². The van der Waals surface area contributed by atoms with E-state index in [2.05, 4.69) is 203 Å². The van der Waals surface area contributed by atoms with Crippen molar-refractivity contribution >= 4 is 75.3 Å². The zero-order valence-electron chi connectivity index (χ0n) is 30.8. The Kier molecular flexibility index (Phi) is 7.46. The zero-order chi connectivity index (χ0) is 37.5. The number of nitrogens with one attached hydrogen (secondary N) is 3. The predicted molar refractivity (Wildman–Crippen MR) is 237 cm³/mol. The molecule has 2 atom stereocenters. The second-order valence-electron chi connectivity index (χ2n) is 15.0. The fourth-order valence-electron chi connectivity index (χ4n) is 9.17. The number of aromatic nitrogens is 1. The van der Waals surface area contributed by atoms with Crippen LogP contribution in [0.15, 0.2) is 186 Å². The standard InChI is InChI=1S/C51H36N4OS/c1-3-14-31(15-4-1)49-52-50(32-16-5-2-6-17-32)54-51(53-49)33-28-29-38-44(30-33)56-43-26-12-20-36(46(38)43)37-21-13-27-45-47(37)39-22-11-25-42(48(39)57-45)55-40-23-9-7-18-34(40)35-19-8-10-24-41(35)55/h1-30,49-54H. The van der Waals surface area contributed by atoms with Crippen LogP contribution in [0.25, 0.3) is 80.7 Å². The van der Waals surface area contributed by atoms with Crippen molar-refractivity contribution in [1.82, 2.24) is 20.5 Å². The second kappa shape index (κ2) is 13.0. The third kappa shape index (κ3) is 5.19. The molecule has 0 radical (unpaired) electrons. The summed E-state index contributed by atoms with van der Waals surface area (Å²) in [5, 5.41) is 18.8. The zero-order valence-corrected chi connectivity index (χ0v) is 31.6. The van der Waals surface area contributed by atoms with Gasteiger partial charge in [0.2, 0.25) is 0 Å². The molecular weight excluding hydrogens is 717 g/mol. The highest BCUT2D eigenvalue weighted by Crippen LogP contribution is 2.46. The van der Waals surface area contributed by atoms with Gasteiger partial charge < -0.3 is 8.98 Å². The molecule has 0 amide bonds. The number of para-hydroxylation sites is 2. The van der Waals surface area contributed by atoms with Crippen molar-refractivity contribution in [3.05, 3.63) is 199 Å². The number of hydrogen-bond acceptors (Lipinski definition) is 5. The van der Waals surface area contributed by atoms with Crippen molar-refractivity contribution in [3.8, 4) is 16.8 Å². The van der Waals surface area contributed by atoms with Crippen LogP contribution in [0.5, 0.6) is 0 Å². The lowest BCUT2D eigenvalue weighted by Gasteiger charge is -2.39. The Labute approximate surface area is 332 Å². The van der Waals surface area contributed by atoms with Gasteiger partial charge in [0, 0.05) is 37.0 Å². The smallest absolute Gasteiger partial charge is 0.136 e. The van der Waals surface area contributed by atoms with Crippen molar-refractivity contribution in [3.63, 3.8) is 0 Å². The number of fused-ring (bicyclic) bond motifs is 9. The Morgan fingerprint density at radius 3 is 1.67 bits per heavy atom. The number of rotatable bonds is 5. The van der Waals surface area contributed by atoms with Gasteiger partial charge in [-0.2, -0.15) is 0 Å². The molecule has 1 saturated heterocycles. The number of hydrogen-bond donors (Lipinski definition) is 3. The van der Waals surface area contributed by atoms with Gasteiger partial charge in [-0.05, 0) is 64.2 Å². The minimum Gasteiger partial charge on any atom is -0.456 e. The van der Waals surface area contributed by atoms with E-state index in [1.165, 1.54) is 69.9 Å². The molecule has 0 bridgehead atoms. The normalized spacial score (nSPS) is 17.4. The van der Waals surface area contributed by atoms with Gasteiger partial charge in [0.05, 0.1) is 39.9 Å². The molecule has 2 unspecified atom stereocenters. The van der Waals surface area contributed by atoms with Crippen molar-refractivity contribution in [1.29, 1.82) is 0 Å². The molecule has 1 aliphatic rings. The summed E-state index contributed by atoms with van der Waals surface area (Å²) in [6.45, 7) is 0. The highest BCUT2D eigenvalue weighted by molar-refractivity contribution is 7.26. The van der Waals surface area contributed by atoms with Crippen LogP contribution < -0.4 is 16.0 Å². The maximum absolute atomic E-state index is 6.73. The topological polar surface area (TPSA) is 54.2 Å². The summed E-state index contributed by atoms with van der Waals surface area (Å²) >= 11 is 1.87. The molecule has 272 valence electrons. The SMILES string of the molecule is c1ccc(C2NC(c3ccccc3)NC(c3ccc4c(c3)oc3cccc(-c5cccc6sc7c(-n8c9ccccc9c9ccccc98)cccc7c56)c34)N2)cc1. The first kappa shape index (κ1) is 32.7. The molecule has 11 aromatic rings. The summed E-state index contributed by atoms with van der Waals surface area (Å²) in [6, 6.07) is 65.4. The Bertz CT molecular complexity index is 3210. The van der Waals surface area contributed by atoms with E-state index < -0.39 is 0 Å². The monoisotopic (exact) mass is 752 g/mol. The fraction of sp³-hybridized carbons (Fsp3) is 0.0588. The lowest BCUT2D eigenvalue weighted by atomic mass is 9.95. The molecule has 1 aliphatic heterocycles. The van der Waals surface area contributed by atoms with E-state index in [0.717, 1.165) is 27.5 Å². The van der Waals surface area contributed by atoms with Gasteiger partial charge in [0.25, 0.3) is 0 Å². The molecule has 57 heavy (non-hydrogen) atoms. The molecule has 0 aliphatic carbocycles. The van der Waals surface area contributed by atoms with Crippen molar-refractivity contribution in [2.45, 2.75) is 18.5 Å². The molecule has 4 heterocycles. The predicted octanol–water partition coefficient (Wildman–Crippen LogP) is 12.9. The molecular formula is C51H36N4OS. The van der Waals surface area contributed by atoms with Gasteiger partial charge in [-0.25, -0.2) is 0 Å². The molecule has 0 saturated carbocycles. The van der Waals surface area contributed by atoms with Crippen LogP contribution in [0.4, 0.5) is 0 Å². The Hall–Kier alpha value is -6.54. The largest absolute Gasteiger partial charge is 0.456 e. The first-order chi connectivity index (χ1) is 28.3. The summed E-state index contributed by atoms with van der Waals surface area (Å²) in [4.78, 5) is 0. The molecule has 8 aromatic carbocycles. The molecule has 6 heteroatoms. The number of benzene rings is 8. The minimum absolute atomic E-state index is 0.0444. The molecule has 1 fully saturated rings. The van der Waals surface area contributed by atoms with E-state index in [-0.39, 0.29) is 18.5 Å². The number of furan rings is 1. The van der Waals surface area contributed by atoms with Crippen LogP contribution in [0.3, 0.4) is 0 Å². The van der Waals surface area contributed by atoms with Crippen LogP contribution in [0.1, 0.15) is 35.2 Å². The lowest BCUT2D eigenvalue weighted by molar-refractivity contribution is 0.203. The van der Waals surface area contributed by atoms with Crippen molar-refractivity contribution in [2.24, 2.45) is 0 Å². The van der Waals surface area contributed by atoms with Gasteiger partial charge in [-0.15, -0.1) is 11.3 Å². The summed E-state index contributed by atoms with van der Waals surface area (Å²) in [5.41, 5.74) is 11.3. The number of nitrogens with zero attached hydrogens (tertiary/aromatic N) is 1. The van der Waals surface area contributed by atoms with Crippen molar-refractivity contribution in [2.75, 3.05) is 0 Å². The summed E-state index contributed by atoms with van der Waals surface area (Å²) in [6.07, 6.45) is -0.206. The van der Waals surface area contributed by atoms with E-state index in [1.807, 2.05) is 11.3 Å². The first-order valence-corrected chi connectivity index (χ1v) is 20.3. The second-order valence-corrected chi connectivity index (χ2v) is 16.0. The van der Waals surface area contributed by atoms with E-state index in [9.17, 15) is 0 Å². The molecule has 5 nitrogen and oxygen atoms in total. The highest BCUT2D eigenvalue weighted by Gasteiger charge is 2.30. The average Bonchev–Trinajstić information content (AvgIpc) is 3.96. The van der Waals surface area contributed by atoms with Crippen LogP contribution in [-0.2, 0) is 0 Å². The third-order valence-corrected chi connectivity index (χ3v) is 12.9. The van der Waals surface area contributed by atoms with Gasteiger partial charge >= 0.3 is 0 Å². The summed E-state index contributed by atoms with van der Waals surface area (Å²) < 4.78 is 11.7. The maximum atomic E-state index is 6.73. The van der Waals surface area contributed by atoms with Gasteiger partial charge in [-0.1, -0.05) is 146 Å². The third-order valence-electron chi connectivity index (χ3n) is 11.7. The van der Waals surface area contributed by atoms with E-state index in [0.29, 0.717) is 0 Å². The fourth-order valence-corrected chi connectivity index (χ4v) is 10.4. The average molecular weight is 753 g/mol. The van der Waals surface area contributed by atoms with E-state index in [1.54, 1.807) is 0 Å². The van der Waals surface area contributed by atoms with Gasteiger partial charge in [0.1, 0.15) is 11.2 Å². The highest BCUT2D eigenvalue weighted by atomic mass is 32.1. The Morgan fingerprint density at radius 2 is 0.982 bits per heavy atom. The lowest BCUT2D eigenvalue weighted by Crippen LogP contribution is -2.54. The quantitative estimate of drug-likeness (QED) is 0.164. The minimum atomic E-state index is -0.117. The van der Waals surface area contributed by atoms with Crippen LogP contribution in [0, 0.1) is 0 Å². The molecule has 0 spiro atoms. The molecule has 3 N–H and O–H groups in total. The summed E-state index contributed by atoms with van der Waals surface area (Å²) in [5.74, 6) is 0. The number of thiophene rings is 1. The maximum Gasteiger partial charge on any atom is 0.136 e.